The van der Waals surface area contributed by atoms with Crippen LogP contribution in [0.2, 0.25) is 0 Å². The van der Waals surface area contributed by atoms with Crippen molar-refractivity contribution in [3.05, 3.63) is 54.7 Å². The maximum Gasteiger partial charge on any atom is 0.226 e. The molecule has 0 saturated heterocycles. The first-order chi connectivity index (χ1) is 13.6. The molecular formula is C20H19N5O2S. The summed E-state index contributed by atoms with van der Waals surface area (Å²) in [6, 6.07) is 10.4. The molecule has 1 aliphatic rings. The molecule has 1 fully saturated rings. The molecule has 0 aliphatic heterocycles. The topological polar surface area (TPSA) is 93.5 Å². The van der Waals surface area contributed by atoms with Gasteiger partial charge in [0, 0.05) is 11.6 Å². The molecule has 0 radical (unpaired) electrons. The summed E-state index contributed by atoms with van der Waals surface area (Å²) in [4.78, 5) is 8.84. The van der Waals surface area contributed by atoms with Gasteiger partial charge in [-0.25, -0.2) is 23.6 Å². The zero-order chi connectivity index (χ0) is 19.3. The number of aromatic amines is 1. The second kappa shape index (κ2) is 6.27. The Morgan fingerprint density at radius 3 is 2.61 bits per heavy atom. The number of aromatic nitrogens is 5. The van der Waals surface area contributed by atoms with E-state index in [1.54, 1.807) is 36.5 Å². The molecule has 0 spiro atoms. The quantitative estimate of drug-likeness (QED) is 0.534. The van der Waals surface area contributed by atoms with Gasteiger partial charge in [-0.2, -0.15) is 5.10 Å². The van der Waals surface area contributed by atoms with Crippen molar-refractivity contribution in [3.63, 3.8) is 0 Å². The molecule has 0 bridgehead atoms. The van der Waals surface area contributed by atoms with Gasteiger partial charge in [-0.05, 0) is 43.9 Å². The number of rotatable bonds is 3. The van der Waals surface area contributed by atoms with Gasteiger partial charge >= 0.3 is 0 Å². The standard InChI is InChI=1S/C20H19N5O2S/c1-13-7-9-14(10-8-13)25-18-16-11-12-21-19(16)22-20(17(18)23-24-25)28(26,27)15-5-3-2-4-6-15/h2-6,11-12,14,24H,1,7-10H2. The number of nitrogens with one attached hydrogen (secondary N) is 1. The van der Waals surface area contributed by atoms with Crippen LogP contribution >= 0.6 is 0 Å². The smallest absolute Gasteiger partial charge is 0.226 e. The lowest BCUT2D eigenvalue weighted by atomic mass is 9.92. The van der Waals surface area contributed by atoms with Gasteiger partial charge in [0.25, 0.3) is 0 Å². The van der Waals surface area contributed by atoms with E-state index >= 15 is 0 Å². The van der Waals surface area contributed by atoms with Gasteiger partial charge in [-0.1, -0.05) is 30.4 Å². The average Bonchev–Trinajstić information content (AvgIpc) is 3.35. The van der Waals surface area contributed by atoms with Crippen molar-refractivity contribution >= 4 is 31.9 Å². The number of allylic oxidation sites excluding steroid dienone is 1. The third kappa shape index (κ3) is 2.56. The summed E-state index contributed by atoms with van der Waals surface area (Å²) in [6.45, 7) is 4.08. The third-order valence-electron chi connectivity index (χ3n) is 5.41. The molecule has 4 aromatic rings. The highest BCUT2D eigenvalue weighted by atomic mass is 32.2. The molecule has 1 aromatic carbocycles. The molecule has 142 valence electrons. The Morgan fingerprint density at radius 2 is 1.86 bits per heavy atom. The molecule has 1 N–H and O–H groups in total. The van der Waals surface area contributed by atoms with Gasteiger partial charge in [0.2, 0.25) is 9.84 Å². The molecule has 8 heteroatoms. The highest BCUT2D eigenvalue weighted by Crippen LogP contribution is 2.36. The summed E-state index contributed by atoms with van der Waals surface area (Å²) in [5, 5.41) is 8.18. The van der Waals surface area contributed by atoms with Gasteiger partial charge in [-0.3, -0.25) is 4.68 Å². The number of hydrogen-bond acceptors (Lipinski definition) is 5. The first-order valence-corrected chi connectivity index (χ1v) is 10.7. The van der Waals surface area contributed by atoms with Gasteiger partial charge in [0.15, 0.2) is 10.7 Å². The van der Waals surface area contributed by atoms with E-state index in [0.29, 0.717) is 11.2 Å². The van der Waals surface area contributed by atoms with Gasteiger partial charge in [0.05, 0.1) is 10.9 Å². The van der Waals surface area contributed by atoms with Crippen molar-refractivity contribution in [3.8, 4) is 0 Å². The Kier molecular flexibility index (Phi) is 3.83. The van der Waals surface area contributed by atoms with E-state index in [-0.39, 0.29) is 16.0 Å². The predicted octanol–water partition coefficient (Wildman–Crippen LogP) is 3.81. The molecule has 3 aromatic heterocycles. The van der Waals surface area contributed by atoms with Crippen LogP contribution in [0.1, 0.15) is 31.7 Å². The molecule has 0 amide bonds. The van der Waals surface area contributed by atoms with Crippen LogP contribution in [-0.4, -0.2) is 33.4 Å². The van der Waals surface area contributed by atoms with E-state index in [2.05, 4.69) is 26.9 Å². The van der Waals surface area contributed by atoms with Crippen molar-refractivity contribution in [1.82, 2.24) is 25.0 Å². The van der Waals surface area contributed by atoms with Crippen LogP contribution < -0.4 is 0 Å². The van der Waals surface area contributed by atoms with E-state index in [4.69, 9.17) is 0 Å². The molecule has 7 nitrogen and oxygen atoms in total. The Hall–Kier alpha value is -3.00. The predicted molar refractivity (Wildman–Crippen MR) is 106 cm³/mol. The molecule has 0 unspecified atom stereocenters. The number of nitrogens with zero attached hydrogens (tertiary/aromatic N) is 4. The lowest BCUT2D eigenvalue weighted by Gasteiger charge is -2.24. The molecule has 0 atom stereocenters. The van der Waals surface area contributed by atoms with Crippen LogP contribution in [0.25, 0.3) is 22.1 Å². The van der Waals surface area contributed by atoms with E-state index in [1.807, 2.05) is 10.7 Å². The monoisotopic (exact) mass is 393 g/mol. The lowest BCUT2D eigenvalue weighted by molar-refractivity contribution is 0.371. The molecular weight excluding hydrogens is 374 g/mol. The number of benzene rings is 1. The van der Waals surface area contributed by atoms with Crippen LogP contribution in [0.4, 0.5) is 0 Å². The Morgan fingerprint density at radius 1 is 1.11 bits per heavy atom. The van der Waals surface area contributed by atoms with E-state index in [9.17, 15) is 8.42 Å². The Balaban J connectivity index is 1.76. The van der Waals surface area contributed by atoms with Crippen LogP contribution in [0, 0.1) is 0 Å². The fraction of sp³-hybridized carbons (Fsp3) is 0.250. The van der Waals surface area contributed by atoms with Crippen molar-refractivity contribution in [2.75, 3.05) is 0 Å². The zero-order valence-corrected chi connectivity index (χ0v) is 16.0. The third-order valence-corrected chi connectivity index (χ3v) is 7.10. The number of H-pyrrole nitrogens is 1. The summed E-state index contributed by atoms with van der Waals surface area (Å²) >= 11 is 0. The summed E-state index contributed by atoms with van der Waals surface area (Å²) in [6.07, 6.45) is 5.46. The summed E-state index contributed by atoms with van der Waals surface area (Å²) in [5.41, 5.74) is 2.77. The lowest BCUT2D eigenvalue weighted by Crippen LogP contribution is -2.15. The molecule has 1 saturated carbocycles. The minimum absolute atomic E-state index is 0.0601. The molecule has 28 heavy (non-hydrogen) atoms. The summed E-state index contributed by atoms with van der Waals surface area (Å²) < 4.78 is 28.5. The summed E-state index contributed by atoms with van der Waals surface area (Å²) in [5.74, 6) is 0. The Bertz CT molecular complexity index is 1290. The first kappa shape index (κ1) is 17.1. The van der Waals surface area contributed by atoms with Crippen LogP contribution in [0.5, 0.6) is 0 Å². The van der Waals surface area contributed by atoms with Crippen molar-refractivity contribution in [1.29, 1.82) is 0 Å². The van der Waals surface area contributed by atoms with Crippen molar-refractivity contribution < 1.29 is 8.42 Å². The largest absolute Gasteiger partial charge is 0.266 e. The molecule has 5 rings (SSSR count). The highest BCUT2D eigenvalue weighted by Gasteiger charge is 2.29. The van der Waals surface area contributed by atoms with E-state index in [0.717, 1.165) is 36.6 Å². The van der Waals surface area contributed by atoms with Gasteiger partial charge in [-0.15, -0.1) is 0 Å². The van der Waals surface area contributed by atoms with Crippen molar-refractivity contribution in [2.24, 2.45) is 0 Å². The Labute approximate surface area is 162 Å². The fourth-order valence-electron chi connectivity index (χ4n) is 3.91. The van der Waals surface area contributed by atoms with Gasteiger partial charge < -0.3 is 0 Å². The van der Waals surface area contributed by atoms with Crippen LogP contribution in [0.3, 0.4) is 0 Å². The number of sulfone groups is 1. The second-order valence-electron chi connectivity index (χ2n) is 7.18. The maximum atomic E-state index is 13.3. The first-order valence-electron chi connectivity index (χ1n) is 9.23. The second-order valence-corrected chi connectivity index (χ2v) is 9.04. The van der Waals surface area contributed by atoms with Crippen LogP contribution in [-0.2, 0) is 9.84 Å². The van der Waals surface area contributed by atoms with E-state index < -0.39 is 9.84 Å². The molecule has 3 heterocycles. The van der Waals surface area contributed by atoms with Crippen molar-refractivity contribution in [2.45, 2.75) is 41.6 Å². The summed E-state index contributed by atoms with van der Waals surface area (Å²) in [7, 11) is -3.82. The maximum absolute atomic E-state index is 13.3. The number of pyridine rings is 1. The SMILES string of the molecule is C=C1CCC(n2[nH]nc3c(S(=O)(=O)c4ccccc4)nc4nccc4c32)CC1. The van der Waals surface area contributed by atoms with Crippen LogP contribution in [0.15, 0.2) is 64.7 Å². The zero-order valence-electron chi connectivity index (χ0n) is 15.2. The average molecular weight is 393 g/mol. The number of fused-ring (bicyclic) bond motifs is 3. The fourth-order valence-corrected chi connectivity index (χ4v) is 5.25. The highest BCUT2D eigenvalue weighted by molar-refractivity contribution is 7.91. The normalized spacial score (nSPS) is 16.2. The van der Waals surface area contributed by atoms with Gasteiger partial charge in [0.1, 0.15) is 11.0 Å². The minimum Gasteiger partial charge on any atom is -0.266 e. The minimum atomic E-state index is -3.82. The van der Waals surface area contributed by atoms with E-state index in [1.165, 1.54) is 5.57 Å². The number of hydrogen-bond donors (Lipinski definition) is 1. The molecule has 1 aliphatic carbocycles.